The number of aryl methyl sites for hydroxylation is 1. The maximum atomic E-state index is 12.0. The summed E-state index contributed by atoms with van der Waals surface area (Å²) in [5.74, 6) is 0.216. The zero-order valence-corrected chi connectivity index (χ0v) is 14.9. The van der Waals surface area contributed by atoms with Crippen LogP contribution in [0.5, 0.6) is 5.75 Å². The molecule has 0 heterocycles. The van der Waals surface area contributed by atoms with E-state index in [4.69, 9.17) is 19.4 Å². The maximum absolute atomic E-state index is 12.0. The molecule has 0 aliphatic heterocycles. The Morgan fingerprint density at radius 1 is 1.19 bits per heavy atom. The maximum Gasteiger partial charge on any atom is 0.341 e. The second kappa shape index (κ2) is 9.27. The van der Waals surface area contributed by atoms with Gasteiger partial charge < -0.3 is 19.4 Å². The molecule has 136 valence electrons. The SMILES string of the molecule is COC=C(C(=O)OC)c1ccccc1COc1ccc(C=NO)cc1C. The highest BCUT2D eigenvalue weighted by molar-refractivity contribution is 6.16. The van der Waals surface area contributed by atoms with E-state index < -0.39 is 5.97 Å². The van der Waals surface area contributed by atoms with Gasteiger partial charge in [-0.3, -0.25) is 0 Å². The Kier molecular flexibility index (Phi) is 6.79. The fourth-order valence-electron chi connectivity index (χ4n) is 2.50. The van der Waals surface area contributed by atoms with Crippen LogP contribution in [0.15, 0.2) is 53.9 Å². The molecule has 6 nitrogen and oxygen atoms in total. The van der Waals surface area contributed by atoms with Crippen molar-refractivity contribution in [1.82, 2.24) is 0 Å². The zero-order chi connectivity index (χ0) is 18.9. The lowest BCUT2D eigenvalue weighted by Gasteiger charge is -2.14. The largest absolute Gasteiger partial charge is 0.503 e. The van der Waals surface area contributed by atoms with Crippen LogP contribution >= 0.6 is 0 Å². The fourth-order valence-corrected chi connectivity index (χ4v) is 2.50. The smallest absolute Gasteiger partial charge is 0.341 e. The molecule has 1 N–H and O–H groups in total. The minimum atomic E-state index is -0.483. The number of methoxy groups -OCH3 is 2. The summed E-state index contributed by atoms with van der Waals surface area (Å²) in [6.45, 7) is 2.17. The summed E-state index contributed by atoms with van der Waals surface area (Å²) in [4.78, 5) is 12.0. The molecule has 2 rings (SSSR count). The summed E-state index contributed by atoms with van der Waals surface area (Å²) >= 11 is 0. The summed E-state index contributed by atoms with van der Waals surface area (Å²) in [5, 5.41) is 11.6. The van der Waals surface area contributed by atoms with Gasteiger partial charge in [0.15, 0.2) is 0 Å². The number of nitrogens with zero attached hydrogens (tertiary/aromatic N) is 1. The monoisotopic (exact) mass is 355 g/mol. The Morgan fingerprint density at radius 2 is 1.96 bits per heavy atom. The molecule has 0 unspecified atom stereocenters. The van der Waals surface area contributed by atoms with Crippen LogP contribution in [0.4, 0.5) is 0 Å². The van der Waals surface area contributed by atoms with E-state index in [2.05, 4.69) is 5.16 Å². The lowest BCUT2D eigenvalue weighted by atomic mass is 10.0. The van der Waals surface area contributed by atoms with Gasteiger partial charge in [-0.2, -0.15) is 0 Å². The molecule has 0 bridgehead atoms. The van der Waals surface area contributed by atoms with Gasteiger partial charge in [0.25, 0.3) is 0 Å². The van der Waals surface area contributed by atoms with Gasteiger partial charge in [-0.1, -0.05) is 29.4 Å². The van der Waals surface area contributed by atoms with Crippen LogP contribution in [-0.4, -0.2) is 31.6 Å². The summed E-state index contributed by atoms with van der Waals surface area (Å²) in [6.07, 6.45) is 2.71. The van der Waals surface area contributed by atoms with Gasteiger partial charge in [0.1, 0.15) is 17.9 Å². The van der Waals surface area contributed by atoms with Crippen molar-refractivity contribution >= 4 is 17.8 Å². The first kappa shape index (κ1) is 19.1. The molecule has 0 atom stereocenters. The molecule has 0 saturated carbocycles. The molecular weight excluding hydrogens is 334 g/mol. The Hall–Kier alpha value is -3.28. The number of hydrogen-bond donors (Lipinski definition) is 1. The number of carbonyl (C=O) groups excluding carboxylic acids is 1. The van der Waals surface area contributed by atoms with Gasteiger partial charge in [0.05, 0.1) is 26.7 Å². The first-order chi connectivity index (χ1) is 12.6. The zero-order valence-electron chi connectivity index (χ0n) is 14.9. The molecule has 0 saturated heterocycles. The Balaban J connectivity index is 2.26. The van der Waals surface area contributed by atoms with Gasteiger partial charge >= 0.3 is 5.97 Å². The molecule has 0 radical (unpaired) electrons. The average Bonchev–Trinajstić information content (AvgIpc) is 2.65. The van der Waals surface area contributed by atoms with Crippen LogP contribution in [-0.2, 0) is 20.9 Å². The van der Waals surface area contributed by atoms with Gasteiger partial charge in [-0.15, -0.1) is 0 Å². The van der Waals surface area contributed by atoms with E-state index in [0.717, 1.165) is 16.7 Å². The summed E-state index contributed by atoms with van der Waals surface area (Å²) < 4.78 is 15.8. The van der Waals surface area contributed by atoms with Gasteiger partial charge in [-0.25, -0.2) is 4.79 Å². The molecule has 2 aromatic carbocycles. The summed E-state index contributed by atoms with van der Waals surface area (Å²) in [7, 11) is 2.80. The quantitative estimate of drug-likeness (QED) is 0.205. The van der Waals surface area contributed by atoms with Crippen molar-refractivity contribution < 1.29 is 24.2 Å². The minimum Gasteiger partial charge on any atom is -0.503 e. The predicted molar refractivity (Wildman–Crippen MR) is 98.3 cm³/mol. The van der Waals surface area contributed by atoms with E-state index in [9.17, 15) is 4.79 Å². The number of hydrogen-bond acceptors (Lipinski definition) is 6. The highest BCUT2D eigenvalue weighted by Crippen LogP contribution is 2.24. The number of rotatable bonds is 7. The summed E-state index contributed by atoms with van der Waals surface area (Å²) in [5.41, 5.74) is 3.50. The van der Waals surface area contributed by atoms with Gasteiger partial charge in [0, 0.05) is 0 Å². The normalized spacial score (nSPS) is 11.4. The topological polar surface area (TPSA) is 77.4 Å². The second-order valence-corrected chi connectivity index (χ2v) is 5.47. The highest BCUT2D eigenvalue weighted by atomic mass is 16.5. The number of benzene rings is 2. The predicted octanol–water partition coefficient (Wildman–Crippen LogP) is 3.54. The molecule has 0 aliphatic carbocycles. The van der Waals surface area contributed by atoms with Gasteiger partial charge in [0.2, 0.25) is 0 Å². The van der Waals surface area contributed by atoms with Crippen molar-refractivity contribution in [2.75, 3.05) is 14.2 Å². The van der Waals surface area contributed by atoms with E-state index in [0.29, 0.717) is 16.9 Å². The summed E-state index contributed by atoms with van der Waals surface area (Å²) in [6, 6.07) is 12.8. The highest BCUT2D eigenvalue weighted by Gasteiger charge is 2.17. The van der Waals surface area contributed by atoms with Crippen molar-refractivity contribution in [2.24, 2.45) is 5.16 Å². The second-order valence-electron chi connectivity index (χ2n) is 5.47. The van der Waals surface area contributed by atoms with Crippen molar-refractivity contribution in [3.05, 3.63) is 71.0 Å². The van der Waals surface area contributed by atoms with E-state index in [-0.39, 0.29) is 6.61 Å². The number of oxime groups is 1. The van der Waals surface area contributed by atoms with Crippen LogP contribution in [0.25, 0.3) is 5.57 Å². The van der Waals surface area contributed by atoms with Crippen LogP contribution < -0.4 is 4.74 Å². The Bertz CT molecular complexity index is 827. The Labute approximate surface area is 152 Å². The lowest BCUT2D eigenvalue weighted by molar-refractivity contribution is -0.133. The van der Waals surface area contributed by atoms with E-state index in [1.165, 1.54) is 26.7 Å². The molecule has 6 heteroatoms. The van der Waals surface area contributed by atoms with Crippen LogP contribution in [0.2, 0.25) is 0 Å². The fraction of sp³-hybridized carbons (Fsp3) is 0.200. The number of esters is 1. The molecule has 0 aromatic heterocycles. The van der Waals surface area contributed by atoms with E-state index in [1.807, 2.05) is 37.3 Å². The molecule has 2 aromatic rings. The van der Waals surface area contributed by atoms with Crippen molar-refractivity contribution in [2.45, 2.75) is 13.5 Å². The van der Waals surface area contributed by atoms with Crippen LogP contribution in [0, 0.1) is 6.92 Å². The van der Waals surface area contributed by atoms with Crippen molar-refractivity contribution in [3.8, 4) is 5.75 Å². The molecule has 0 aliphatic rings. The molecule has 0 amide bonds. The van der Waals surface area contributed by atoms with E-state index >= 15 is 0 Å². The molecule has 26 heavy (non-hydrogen) atoms. The van der Waals surface area contributed by atoms with Crippen molar-refractivity contribution in [3.63, 3.8) is 0 Å². The van der Waals surface area contributed by atoms with Crippen LogP contribution in [0.1, 0.15) is 22.3 Å². The van der Waals surface area contributed by atoms with E-state index in [1.54, 1.807) is 12.1 Å². The van der Waals surface area contributed by atoms with Gasteiger partial charge in [-0.05, 0) is 47.4 Å². The third-order valence-electron chi connectivity index (χ3n) is 3.74. The average molecular weight is 355 g/mol. The first-order valence-electron chi connectivity index (χ1n) is 7.91. The number of carbonyl (C=O) groups is 1. The molecule has 0 fully saturated rings. The minimum absolute atomic E-state index is 0.266. The standard InChI is InChI=1S/C20H21NO5/c1-14-10-15(11-21-23)8-9-19(14)26-12-16-6-4-5-7-17(16)18(13-24-2)20(22)25-3/h4-11,13,23H,12H2,1-3H3. The first-order valence-corrected chi connectivity index (χ1v) is 7.91. The molecular formula is C20H21NO5. The van der Waals surface area contributed by atoms with Crippen molar-refractivity contribution in [1.29, 1.82) is 0 Å². The molecule has 0 spiro atoms. The van der Waals surface area contributed by atoms with Crippen LogP contribution in [0.3, 0.4) is 0 Å². The lowest BCUT2D eigenvalue weighted by Crippen LogP contribution is -2.08. The third kappa shape index (κ3) is 4.63. The third-order valence-corrected chi connectivity index (χ3v) is 3.74. The number of ether oxygens (including phenoxy) is 3. The Morgan fingerprint density at radius 3 is 2.62 bits per heavy atom.